The Kier molecular flexibility index (Phi) is 2.75. The molecule has 0 saturated carbocycles. The van der Waals surface area contributed by atoms with Crippen molar-refractivity contribution in [1.82, 2.24) is 4.90 Å². The summed E-state index contributed by atoms with van der Waals surface area (Å²) < 4.78 is 0. The Balaban J connectivity index is 2.23. The first kappa shape index (κ1) is 11.4. The average Bonchev–Trinajstić information content (AvgIpc) is 2.55. The Bertz CT molecular complexity index is 483. The Morgan fingerprint density at radius 1 is 1.41 bits per heavy atom. The number of carbonyl (C=O) groups excluding carboxylic acids is 2. The van der Waals surface area contributed by atoms with Gasteiger partial charge in [-0.15, -0.1) is 0 Å². The van der Waals surface area contributed by atoms with Crippen molar-refractivity contribution in [3.8, 4) is 0 Å². The molecule has 1 aliphatic heterocycles. The van der Waals surface area contributed by atoms with Gasteiger partial charge < -0.3 is 15.5 Å². The maximum Gasteiger partial charge on any atom is 0.321 e. The normalized spacial score (nSPS) is 17.4. The van der Waals surface area contributed by atoms with Crippen LogP contribution in [0.25, 0.3) is 0 Å². The van der Waals surface area contributed by atoms with Gasteiger partial charge in [-0.2, -0.15) is 0 Å². The molecule has 0 saturated heterocycles. The lowest BCUT2D eigenvalue weighted by Gasteiger charge is -2.13. The molecule has 3 amide bonds. The Morgan fingerprint density at radius 3 is 2.76 bits per heavy atom. The van der Waals surface area contributed by atoms with Crippen molar-refractivity contribution in [2.75, 3.05) is 24.7 Å². The maximum absolute atomic E-state index is 11.5. The number of amides is 3. The number of anilines is 2. The van der Waals surface area contributed by atoms with E-state index < -0.39 is 0 Å². The smallest absolute Gasteiger partial charge is 0.321 e. The van der Waals surface area contributed by atoms with E-state index in [0.717, 1.165) is 11.3 Å². The Labute approximate surface area is 99.8 Å². The summed E-state index contributed by atoms with van der Waals surface area (Å²) in [6.45, 7) is 1.85. The molecule has 1 aromatic rings. The molecule has 1 aliphatic rings. The molecule has 0 aromatic heterocycles. The summed E-state index contributed by atoms with van der Waals surface area (Å²) in [5.41, 5.74) is 2.45. The summed E-state index contributed by atoms with van der Waals surface area (Å²) in [5.74, 6) is -0.169. The van der Waals surface area contributed by atoms with Crippen LogP contribution in [-0.2, 0) is 4.79 Å². The number of rotatable bonds is 1. The van der Waals surface area contributed by atoms with E-state index in [-0.39, 0.29) is 17.9 Å². The summed E-state index contributed by atoms with van der Waals surface area (Å²) in [7, 11) is 3.35. The molecule has 0 bridgehead atoms. The second-order valence-electron chi connectivity index (χ2n) is 4.34. The van der Waals surface area contributed by atoms with Gasteiger partial charge in [-0.25, -0.2) is 4.79 Å². The summed E-state index contributed by atoms with van der Waals surface area (Å²) in [6.07, 6.45) is 0. The first-order valence-electron chi connectivity index (χ1n) is 5.42. The third-order valence-electron chi connectivity index (χ3n) is 2.83. The number of fused-ring (bicyclic) bond motifs is 1. The monoisotopic (exact) mass is 233 g/mol. The lowest BCUT2D eigenvalue weighted by atomic mass is 10.0. The quantitative estimate of drug-likeness (QED) is 0.777. The van der Waals surface area contributed by atoms with Crippen molar-refractivity contribution in [2.24, 2.45) is 0 Å². The third-order valence-corrected chi connectivity index (χ3v) is 2.83. The first-order chi connectivity index (χ1) is 7.99. The average molecular weight is 233 g/mol. The maximum atomic E-state index is 11.5. The molecule has 0 aliphatic carbocycles. The minimum atomic E-state index is -0.185. The van der Waals surface area contributed by atoms with Crippen molar-refractivity contribution in [1.29, 1.82) is 0 Å². The second-order valence-corrected chi connectivity index (χ2v) is 4.34. The van der Waals surface area contributed by atoms with E-state index >= 15 is 0 Å². The van der Waals surface area contributed by atoms with Crippen LogP contribution >= 0.6 is 0 Å². The van der Waals surface area contributed by atoms with E-state index in [4.69, 9.17) is 0 Å². The highest BCUT2D eigenvalue weighted by atomic mass is 16.2. The molecule has 2 rings (SSSR count). The van der Waals surface area contributed by atoms with Crippen LogP contribution in [0, 0.1) is 0 Å². The third kappa shape index (κ3) is 2.08. The van der Waals surface area contributed by atoms with Crippen LogP contribution in [-0.4, -0.2) is 30.9 Å². The molecule has 2 N–H and O–H groups in total. The van der Waals surface area contributed by atoms with Gasteiger partial charge in [0.2, 0.25) is 5.91 Å². The predicted molar refractivity (Wildman–Crippen MR) is 66.2 cm³/mol. The fourth-order valence-corrected chi connectivity index (χ4v) is 1.73. The Hall–Kier alpha value is -2.04. The van der Waals surface area contributed by atoms with Gasteiger partial charge in [-0.1, -0.05) is 0 Å². The SMILES string of the molecule is CC1C(=O)Nc2ccc(NC(=O)N(C)C)cc21. The van der Waals surface area contributed by atoms with Crippen molar-refractivity contribution < 1.29 is 9.59 Å². The van der Waals surface area contributed by atoms with Gasteiger partial charge >= 0.3 is 6.03 Å². The molecular formula is C12H15N3O2. The van der Waals surface area contributed by atoms with E-state index in [2.05, 4.69) is 10.6 Å². The van der Waals surface area contributed by atoms with Gasteiger partial charge in [-0.05, 0) is 30.7 Å². The summed E-state index contributed by atoms with van der Waals surface area (Å²) in [6, 6.07) is 5.23. The van der Waals surface area contributed by atoms with Crippen molar-refractivity contribution in [3.63, 3.8) is 0 Å². The number of nitrogens with one attached hydrogen (secondary N) is 2. The van der Waals surface area contributed by atoms with Crippen LogP contribution in [0.15, 0.2) is 18.2 Å². The van der Waals surface area contributed by atoms with Crippen LogP contribution in [0.4, 0.5) is 16.2 Å². The zero-order valence-electron chi connectivity index (χ0n) is 10.1. The van der Waals surface area contributed by atoms with Gasteiger partial charge in [0.15, 0.2) is 0 Å². The number of benzene rings is 1. The predicted octanol–water partition coefficient (Wildman–Crippen LogP) is 1.84. The first-order valence-corrected chi connectivity index (χ1v) is 5.42. The highest BCUT2D eigenvalue weighted by molar-refractivity contribution is 6.03. The van der Waals surface area contributed by atoms with Gasteiger partial charge in [0.05, 0.1) is 5.92 Å². The zero-order valence-corrected chi connectivity index (χ0v) is 10.1. The second kappa shape index (κ2) is 4.08. The molecule has 1 heterocycles. The van der Waals surface area contributed by atoms with Crippen molar-refractivity contribution in [3.05, 3.63) is 23.8 Å². The molecular weight excluding hydrogens is 218 g/mol. The number of carbonyl (C=O) groups is 2. The van der Waals surface area contributed by atoms with E-state index in [1.54, 1.807) is 20.2 Å². The Morgan fingerprint density at radius 2 is 2.12 bits per heavy atom. The molecule has 5 heteroatoms. The van der Waals surface area contributed by atoms with Gasteiger partial charge in [0.25, 0.3) is 0 Å². The van der Waals surface area contributed by atoms with Gasteiger partial charge in [0.1, 0.15) is 0 Å². The number of nitrogens with zero attached hydrogens (tertiary/aromatic N) is 1. The van der Waals surface area contributed by atoms with Crippen molar-refractivity contribution in [2.45, 2.75) is 12.8 Å². The standard InChI is InChI=1S/C12H15N3O2/c1-7-9-6-8(13-12(17)15(2)3)4-5-10(9)14-11(7)16/h4-7H,1-3H3,(H,13,17)(H,14,16). The number of hydrogen-bond acceptors (Lipinski definition) is 2. The summed E-state index contributed by atoms with van der Waals surface area (Å²) >= 11 is 0. The lowest BCUT2D eigenvalue weighted by Crippen LogP contribution is -2.27. The molecule has 0 fully saturated rings. The molecule has 1 aromatic carbocycles. The van der Waals surface area contributed by atoms with Crippen LogP contribution in [0.3, 0.4) is 0 Å². The molecule has 17 heavy (non-hydrogen) atoms. The van der Waals surface area contributed by atoms with Crippen molar-refractivity contribution >= 4 is 23.3 Å². The van der Waals surface area contributed by atoms with Crippen LogP contribution in [0.1, 0.15) is 18.4 Å². The minimum Gasteiger partial charge on any atom is -0.331 e. The van der Waals surface area contributed by atoms with E-state index in [1.165, 1.54) is 4.90 Å². The van der Waals surface area contributed by atoms with E-state index in [9.17, 15) is 9.59 Å². The van der Waals surface area contributed by atoms with Crippen LogP contribution in [0.2, 0.25) is 0 Å². The summed E-state index contributed by atoms with van der Waals surface area (Å²) in [4.78, 5) is 24.4. The van der Waals surface area contributed by atoms with E-state index in [1.807, 2.05) is 19.1 Å². The highest BCUT2D eigenvalue weighted by Gasteiger charge is 2.26. The topological polar surface area (TPSA) is 61.4 Å². The lowest BCUT2D eigenvalue weighted by molar-refractivity contribution is -0.116. The van der Waals surface area contributed by atoms with Gasteiger partial charge in [-0.3, -0.25) is 4.79 Å². The molecule has 1 unspecified atom stereocenters. The molecule has 1 atom stereocenters. The fraction of sp³-hybridized carbons (Fsp3) is 0.333. The molecule has 0 radical (unpaired) electrons. The fourth-order valence-electron chi connectivity index (χ4n) is 1.73. The van der Waals surface area contributed by atoms with Crippen LogP contribution < -0.4 is 10.6 Å². The minimum absolute atomic E-state index is 0.00362. The molecule has 5 nitrogen and oxygen atoms in total. The number of hydrogen-bond donors (Lipinski definition) is 2. The van der Waals surface area contributed by atoms with Crippen LogP contribution in [0.5, 0.6) is 0 Å². The van der Waals surface area contributed by atoms with E-state index in [0.29, 0.717) is 5.69 Å². The number of urea groups is 1. The highest BCUT2D eigenvalue weighted by Crippen LogP contribution is 2.33. The molecule has 0 spiro atoms. The zero-order chi connectivity index (χ0) is 12.6. The van der Waals surface area contributed by atoms with Gasteiger partial charge in [0, 0.05) is 25.5 Å². The largest absolute Gasteiger partial charge is 0.331 e. The molecule has 90 valence electrons. The summed E-state index contributed by atoms with van der Waals surface area (Å²) in [5, 5.41) is 5.54.